The minimum absolute atomic E-state index is 0.371. The Labute approximate surface area is 131 Å². The first-order chi connectivity index (χ1) is 8.94. The first-order valence-corrected chi connectivity index (χ1v) is 8.27. The van der Waals surface area contributed by atoms with E-state index in [9.17, 15) is 14.7 Å². The van der Waals surface area contributed by atoms with Crippen LogP contribution in [-0.2, 0) is 4.79 Å². The van der Waals surface area contributed by atoms with Crippen molar-refractivity contribution in [3.63, 3.8) is 0 Å². The first kappa shape index (κ1) is 14.9. The monoisotopic (exact) mass is 407 g/mol. The summed E-state index contributed by atoms with van der Waals surface area (Å²) in [4.78, 5) is 23.6. The summed E-state index contributed by atoms with van der Waals surface area (Å²) in [6.45, 7) is 0. The number of benzene rings is 1. The van der Waals surface area contributed by atoms with Crippen molar-refractivity contribution in [3.05, 3.63) is 32.7 Å². The van der Waals surface area contributed by atoms with Crippen LogP contribution in [0, 0.1) is 0 Å². The van der Waals surface area contributed by atoms with E-state index in [2.05, 4.69) is 37.2 Å². The number of thioether (sulfide) groups is 1. The number of nitrogens with one attached hydrogen (secondary N) is 1. The third-order valence-electron chi connectivity index (χ3n) is 2.96. The van der Waals surface area contributed by atoms with Crippen LogP contribution in [-0.4, -0.2) is 34.0 Å². The fourth-order valence-electron chi connectivity index (χ4n) is 1.84. The lowest BCUT2D eigenvalue weighted by Crippen LogP contribution is -2.54. The van der Waals surface area contributed by atoms with Crippen LogP contribution in [0.15, 0.2) is 27.1 Å². The number of carbonyl (C=O) groups excluding carboxylic acids is 1. The van der Waals surface area contributed by atoms with Crippen LogP contribution >= 0.6 is 43.6 Å². The van der Waals surface area contributed by atoms with Gasteiger partial charge in [0.2, 0.25) is 0 Å². The number of aliphatic carboxylic acids is 1. The predicted molar refractivity (Wildman–Crippen MR) is 81.6 cm³/mol. The van der Waals surface area contributed by atoms with Crippen LogP contribution in [0.3, 0.4) is 0 Å². The Kier molecular flexibility index (Phi) is 4.58. The van der Waals surface area contributed by atoms with Crippen LogP contribution in [0.5, 0.6) is 0 Å². The molecule has 0 aliphatic carbocycles. The molecule has 19 heavy (non-hydrogen) atoms. The number of rotatable bonds is 3. The zero-order valence-corrected chi connectivity index (χ0v) is 13.8. The van der Waals surface area contributed by atoms with Crippen LogP contribution in [0.1, 0.15) is 16.8 Å². The van der Waals surface area contributed by atoms with E-state index in [0.29, 0.717) is 22.2 Å². The van der Waals surface area contributed by atoms with E-state index in [1.54, 1.807) is 18.2 Å². The van der Waals surface area contributed by atoms with Gasteiger partial charge >= 0.3 is 5.97 Å². The zero-order valence-electron chi connectivity index (χ0n) is 9.78. The molecule has 2 rings (SSSR count). The molecule has 1 fully saturated rings. The maximum atomic E-state index is 12.2. The molecule has 102 valence electrons. The highest BCUT2D eigenvalue weighted by molar-refractivity contribution is 9.11. The topological polar surface area (TPSA) is 66.4 Å². The van der Waals surface area contributed by atoms with Gasteiger partial charge in [0.1, 0.15) is 5.54 Å². The first-order valence-electron chi connectivity index (χ1n) is 5.53. The number of halogens is 2. The van der Waals surface area contributed by atoms with E-state index < -0.39 is 11.5 Å². The Morgan fingerprint density at radius 2 is 2.11 bits per heavy atom. The van der Waals surface area contributed by atoms with Gasteiger partial charge in [-0.15, -0.1) is 0 Å². The van der Waals surface area contributed by atoms with Crippen molar-refractivity contribution in [2.24, 2.45) is 0 Å². The average molecular weight is 409 g/mol. The maximum absolute atomic E-state index is 12.2. The molecule has 0 spiro atoms. The second-order valence-electron chi connectivity index (χ2n) is 4.27. The van der Waals surface area contributed by atoms with E-state index in [-0.39, 0.29) is 5.91 Å². The number of hydrogen-bond donors (Lipinski definition) is 2. The summed E-state index contributed by atoms with van der Waals surface area (Å²) in [5, 5.41) is 12.0. The van der Waals surface area contributed by atoms with Crippen LogP contribution in [0.2, 0.25) is 0 Å². The van der Waals surface area contributed by atoms with Gasteiger partial charge in [-0.2, -0.15) is 11.8 Å². The Bertz CT molecular complexity index is 530. The van der Waals surface area contributed by atoms with Crippen molar-refractivity contribution in [2.75, 3.05) is 11.5 Å². The molecule has 1 aromatic carbocycles. The summed E-state index contributed by atoms with van der Waals surface area (Å²) in [6.07, 6.45) is 0.451. The van der Waals surface area contributed by atoms with Gasteiger partial charge in [0, 0.05) is 14.7 Å². The van der Waals surface area contributed by atoms with Gasteiger partial charge in [-0.05, 0) is 46.3 Å². The van der Waals surface area contributed by atoms with Gasteiger partial charge in [0.05, 0.1) is 5.56 Å². The quantitative estimate of drug-likeness (QED) is 0.806. The summed E-state index contributed by atoms with van der Waals surface area (Å²) in [5.41, 5.74) is -0.713. The van der Waals surface area contributed by atoms with Crippen LogP contribution < -0.4 is 5.32 Å². The molecule has 1 atom stereocenters. The van der Waals surface area contributed by atoms with E-state index in [1.807, 2.05) is 0 Å². The number of carboxylic acids is 1. The van der Waals surface area contributed by atoms with Gasteiger partial charge in [-0.25, -0.2) is 4.79 Å². The second-order valence-corrected chi connectivity index (χ2v) is 7.14. The molecule has 0 radical (unpaired) electrons. The van der Waals surface area contributed by atoms with Crippen molar-refractivity contribution in [1.82, 2.24) is 5.32 Å². The molecule has 1 unspecified atom stereocenters. The summed E-state index contributed by atoms with van der Waals surface area (Å²) in [7, 11) is 0. The van der Waals surface area contributed by atoms with Gasteiger partial charge in [0.25, 0.3) is 5.91 Å². The van der Waals surface area contributed by atoms with Crippen molar-refractivity contribution < 1.29 is 14.7 Å². The molecule has 4 nitrogen and oxygen atoms in total. The third kappa shape index (κ3) is 3.14. The predicted octanol–water partition coefficient (Wildman–Crippen LogP) is 2.90. The smallest absolute Gasteiger partial charge is 0.330 e. The lowest BCUT2D eigenvalue weighted by atomic mass is 9.98. The van der Waals surface area contributed by atoms with Gasteiger partial charge in [-0.3, -0.25) is 4.79 Å². The fraction of sp³-hybridized carbons (Fsp3) is 0.333. The Morgan fingerprint density at radius 3 is 2.63 bits per heavy atom. The molecule has 1 aliphatic heterocycles. The van der Waals surface area contributed by atoms with Crippen LogP contribution in [0.25, 0.3) is 0 Å². The molecular weight excluding hydrogens is 398 g/mol. The number of carbonyl (C=O) groups is 2. The van der Waals surface area contributed by atoms with Gasteiger partial charge in [-0.1, -0.05) is 15.9 Å². The lowest BCUT2D eigenvalue weighted by Gasteiger charge is -2.24. The van der Waals surface area contributed by atoms with Gasteiger partial charge < -0.3 is 10.4 Å². The van der Waals surface area contributed by atoms with Crippen molar-refractivity contribution in [1.29, 1.82) is 0 Å². The molecule has 1 amide bonds. The number of carboxylic acid groups (broad SMARTS) is 1. The fourth-order valence-corrected chi connectivity index (χ4v) is 4.40. The van der Waals surface area contributed by atoms with Gasteiger partial charge in [0.15, 0.2) is 0 Å². The Hall–Kier alpha value is -0.530. The minimum atomic E-state index is -1.14. The van der Waals surface area contributed by atoms with E-state index in [4.69, 9.17) is 0 Å². The minimum Gasteiger partial charge on any atom is -0.479 e. The molecule has 1 heterocycles. The lowest BCUT2D eigenvalue weighted by molar-refractivity contribution is -0.143. The highest BCUT2D eigenvalue weighted by Gasteiger charge is 2.43. The Morgan fingerprint density at radius 1 is 1.37 bits per heavy atom. The highest BCUT2D eigenvalue weighted by atomic mass is 79.9. The Balaban J connectivity index is 2.22. The standard InChI is InChI=1S/C12H11Br2NO3S/c13-7-1-2-8(9(14)5-7)10(16)15-12(11(17)18)3-4-19-6-12/h1-2,5H,3-4,6H2,(H,15,16)(H,17,18). The third-order valence-corrected chi connectivity index (χ3v) is 5.30. The van der Waals surface area contributed by atoms with E-state index in [0.717, 1.165) is 10.2 Å². The SMILES string of the molecule is O=C(NC1(C(=O)O)CCSC1)c1ccc(Br)cc1Br. The van der Waals surface area contributed by atoms with Crippen molar-refractivity contribution >= 4 is 55.5 Å². The molecule has 0 aromatic heterocycles. The van der Waals surface area contributed by atoms with E-state index >= 15 is 0 Å². The summed E-state index contributed by atoms with van der Waals surface area (Å²) in [6, 6.07) is 5.16. The summed E-state index contributed by atoms with van der Waals surface area (Å²) < 4.78 is 1.48. The molecule has 7 heteroatoms. The second kappa shape index (κ2) is 5.85. The molecular formula is C12H11Br2NO3S. The van der Waals surface area contributed by atoms with E-state index in [1.165, 1.54) is 11.8 Å². The average Bonchev–Trinajstić information content (AvgIpc) is 2.78. The highest BCUT2D eigenvalue weighted by Crippen LogP contribution is 2.29. The molecule has 0 saturated carbocycles. The van der Waals surface area contributed by atoms with Crippen LogP contribution in [0.4, 0.5) is 0 Å². The summed E-state index contributed by atoms with van der Waals surface area (Å²) in [5.74, 6) is -0.195. The van der Waals surface area contributed by atoms with Crippen molar-refractivity contribution in [2.45, 2.75) is 12.0 Å². The molecule has 1 saturated heterocycles. The molecule has 0 bridgehead atoms. The number of hydrogen-bond acceptors (Lipinski definition) is 3. The summed E-state index contributed by atoms with van der Waals surface area (Å²) >= 11 is 8.15. The molecule has 2 N–H and O–H groups in total. The number of amides is 1. The molecule has 1 aliphatic rings. The van der Waals surface area contributed by atoms with Crippen molar-refractivity contribution in [3.8, 4) is 0 Å². The maximum Gasteiger partial charge on any atom is 0.330 e. The molecule has 1 aromatic rings. The largest absolute Gasteiger partial charge is 0.479 e. The normalized spacial score (nSPS) is 22.2. The zero-order chi connectivity index (χ0) is 14.0.